The Kier molecular flexibility index (Phi) is 6.74. The minimum Gasteiger partial charge on any atom is -0.435 e. The van der Waals surface area contributed by atoms with Gasteiger partial charge < -0.3 is 10.1 Å². The quantitative estimate of drug-likeness (QED) is 0.399. The van der Waals surface area contributed by atoms with E-state index in [-0.39, 0.29) is 12.3 Å². The Bertz CT molecular complexity index is 1450. The number of amides is 1. The molecule has 0 spiro atoms. The minimum atomic E-state index is -2.96. The molecule has 0 saturated carbocycles. The first kappa shape index (κ1) is 23.2. The van der Waals surface area contributed by atoms with Gasteiger partial charge in [0, 0.05) is 10.7 Å². The zero-order chi connectivity index (χ0) is 24.2. The van der Waals surface area contributed by atoms with E-state index in [9.17, 15) is 23.2 Å². The smallest absolute Gasteiger partial charge is 0.387 e. The van der Waals surface area contributed by atoms with Crippen molar-refractivity contribution in [3.63, 3.8) is 0 Å². The van der Waals surface area contributed by atoms with Crippen LogP contribution in [-0.4, -0.2) is 21.7 Å². The summed E-state index contributed by atoms with van der Waals surface area (Å²) in [7, 11) is 0. The lowest BCUT2D eigenvalue weighted by Crippen LogP contribution is -2.43. The second-order valence-electron chi connectivity index (χ2n) is 7.35. The summed E-state index contributed by atoms with van der Waals surface area (Å²) < 4.78 is 31.3. The number of carbonyl (C=O) groups excluding carboxylic acids is 1. The van der Waals surface area contributed by atoms with Crippen molar-refractivity contribution in [1.29, 1.82) is 0 Å². The summed E-state index contributed by atoms with van der Waals surface area (Å²) in [6.45, 7) is -3.24. The van der Waals surface area contributed by atoms with E-state index in [2.05, 4.69) is 10.1 Å². The van der Waals surface area contributed by atoms with Crippen LogP contribution in [0.25, 0.3) is 11.0 Å². The van der Waals surface area contributed by atoms with Crippen molar-refractivity contribution in [2.45, 2.75) is 19.7 Å². The molecule has 0 aliphatic heterocycles. The Morgan fingerprint density at radius 3 is 2.26 bits per heavy atom. The lowest BCUT2D eigenvalue weighted by molar-refractivity contribution is -0.116. The Hall–Kier alpha value is -3.98. The van der Waals surface area contributed by atoms with Crippen molar-refractivity contribution in [1.82, 2.24) is 9.13 Å². The van der Waals surface area contributed by atoms with Gasteiger partial charge in [0.25, 0.3) is 0 Å². The molecule has 4 aromatic rings. The number of hydrogen-bond donors (Lipinski definition) is 1. The average molecular weight is 486 g/mol. The molecule has 34 heavy (non-hydrogen) atoms. The molecule has 7 nitrogen and oxygen atoms in total. The summed E-state index contributed by atoms with van der Waals surface area (Å²) in [6.07, 6.45) is 0. The van der Waals surface area contributed by atoms with E-state index in [0.29, 0.717) is 21.7 Å². The highest BCUT2D eigenvalue weighted by atomic mass is 35.5. The summed E-state index contributed by atoms with van der Waals surface area (Å²) in [4.78, 5) is 38.6. The Morgan fingerprint density at radius 1 is 0.912 bits per heavy atom. The fraction of sp³-hybridized carbons (Fsp3) is 0.125. The van der Waals surface area contributed by atoms with Crippen LogP contribution in [0.15, 0.2) is 82.4 Å². The topological polar surface area (TPSA) is 82.3 Å². The van der Waals surface area contributed by atoms with Crippen LogP contribution in [0.4, 0.5) is 14.5 Å². The molecule has 4 rings (SSSR count). The van der Waals surface area contributed by atoms with Gasteiger partial charge >= 0.3 is 17.7 Å². The van der Waals surface area contributed by atoms with E-state index in [4.69, 9.17) is 11.6 Å². The van der Waals surface area contributed by atoms with Crippen LogP contribution in [0, 0.1) is 0 Å². The molecule has 0 radical (unpaired) electrons. The van der Waals surface area contributed by atoms with Gasteiger partial charge in [0.1, 0.15) is 12.3 Å². The van der Waals surface area contributed by atoms with Gasteiger partial charge in [-0.2, -0.15) is 8.78 Å². The third kappa shape index (κ3) is 5.15. The SMILES string of the molecule is O=C(Cn1c(=O)c(=O)n(Cc2ccccc2)c2ccc(Cl)cc21)Nc1ccc(OC(F)F)cc1. The van der Waals surface area contributed by atoms with Crippen LogP contribution in [0.3, 0.4) is 0 Å². The first-order valence-electron chi connectivity index (χ1n) is 10.1. The predicted octanol–water partition coefficient (Wildman–Crippen LogP) is 4.11. The van der Waals surface area contributed by atoms with Crippen molar-refractivity contribution >= 4 is 34.2 Å². The second-order valence-corrected chi connectivity index (χ2v) is 7.79. The van der Waals surface area contributed by atoms with Gasteiger partial charge in [0.2, 0.25) is 5.91 Å². The maximum absolute atomic E-state index is 13.0. The van der Waals surface area contributed by atoms with Crippen molar-refractivity contribution in [2.24, 2.45) is 0 Å². The summed E-state index contributed by atoms with van der Waals surface area (Å²) in [6, 6.07) is 19.2. The van der Waals surface area contributed by atoms with Gasteiger partial charge in [0.15, 0.2) is 0 Å². The number of ether oxygens (including phenoxy) is 1. The predicted molar refractivity (Wildman–Crippen MR) is 125 cm³/mol. The number of alkyl halides is 2. The lowest BCUT2D eigenvalue weighted by Gasteiger charge is -2.15. The maximum atomic E-state index is 13.0. The number of rotatable bonds is 7. The molecule has 0 aliphatic carbocycles. The zero-order valence-electron chi connectivity index (χ0n) is 17.6. The van der Waals surface area contributed by atoms with Crippen LogP contribution in [-0.2, 0) is 17.9 Å². The number of halogens is 3. The molecule has 3 aromatic carbocycles. The number of benzene rings is 3. The molecule has 1 heterocycles. The largest absolute Gasteiger partial charge is 0.435 e. The van der Waals surface area contributed by atoms with Crippen LogP contribution in [0.1, 0.15) is 5.56 Å². The third-order valence-electron chi connectivity index (χ3n) is 5.04. The van der Waals surface area contributed by atoms with Gasteiger partial charge in [-0.1, -0.05) is 41.9 Å². The fourth-order valence-corrected chi connectivity index (χ4v) is 3.70. The second kappa shape index (κ2) is 9.88. The van der Waals surface area contributed by atoms with E-state index in [0.717, 1.165) is 10.1 Å². The van der Waals surface area contributed by atoms with Gasteiger partial charge in [-0.25, -0.2) is 0 Å². The Balaban J connectivity index is 1.66. The Morgan fingerprint density at radius 2 is 1.59 bits per heavy atom. The van der Waals surface area contributed by atoms with Gasteiger partial charge in [0.05, 0.1) is 17.6 Å². The number of hydrogen-bond acceptors (Lipinski definition) is 4. The average Bonchev–Trinajstić information content (AvgIpc) is 2.81. The number of aromatic nitrogens is 2. The summed E-state index contributed by atoms with van der Waals surface area (Å²) in [5.41, 5.74) is 0.249. The minimum absolute atomic E-state index is 0.0631. The molecular formula is C24H18ClF2N3O4. The summed E-state index contributed by atoms with van der Waals surface area (Å²) in [5, 5.41) is 2.90. The van der Waals surface area contributed by atoms with Crippen molar-refractivity contribution < 1.29 is 18.3 Å². The standard InChI is InChI=1S/C24H18ClF2N3O4/c25-16-6-11-19-20(12-16)30(23(33)22(32)29(19)13-15-4-2-1-3-5-15)14-21(31)28-17-7-9-18(10-8-17)34-24(26)27/h1-12,24H,13-14H2,(H,28,31). The molecule has 174 valence electrons. The molecular weight excluding hydrogens is 468 g/mol. The molecule has 0 saturated heterocycles. The molecule has 0 atom stereocenters. The lowest BCUT2D eigenvalue weighted by atomic mass is 10.2. The van der Waals surface area contributed by atoms with E-state index < -0.39 is 30.2 Å². The molecule has 0 fully saturated rings. The van der Waals surface area contributed by atoms with Gasteiger partial charge in [-0.3, -0.25) is 23.5 Å². The van der Waals surface area contributed by atoms with Crippen LogP contribution < -0.4 is 21.2 Å². The number of carbonyl (C=O) groups is 1. The maximum Gasteiger partial charge on any atom is 0.387 e. The monoisotopic (exact) mass is 485 g/mol. The van der Waals surface area contributed by atoms with Crippen LogP contribution >= 0.6 is 11.6 Å². The zero-order valence-corrected chi connectivity index (χ0v) is 18.3. The number of nitrogens with one attached hydrogen (secondary N) is 1. The fourth-order valence-electron chi connectivity index (χ4n) is 3.53. The number of nitrogens with zero attached hydrogens (tertiary/aromatic N) is 2. The first-order chi connectivity index (χ1) is 16.3. The molecule has 0 unspecified atom stereocenters. The van der Waals surface area contributed by atoms with Crippen molar-refractivity contribution in [2.75, 3.05) is 5.32 Å². The third-order valence-corrected chi connectivity index (χ3v) is 5.28. The molecule has 1 amide bonds. The van der Waals surface area contributed by atoms with Gasteiger partial charge in [-0.05, 0) is 48.0 Å². The molecule has 10 heteroatoms. The highest BCUT2D eigenvalue weighted by Gasteiger charge is 2.16. The van der Waals surface area contributed by atoms with Crippen molar-refractivity contribution in [3.8, 4) is 5.75 Å². The Labute approximate surface area is 196 Å². The van der Waals surface area contributed by atoms with E-state index >= 15 is 0 Å². The van der Waals surface area contributed by atoms with Crippen LogP contribution in [0.2, 0.25) is 5.02 Å². The molecule has 0 bridgehead atoms. The number of fused-ring (bicyclic) bond motifs is 1. The highest BCUT2D eigenvalue weighted by Crippen LogP contribution is 2.20. The van der Waals surface area contributed by atoms with E-state index in [1.54, 1.807) is 12.1 Å². The van der Waals surface area contributed by atoms with Gasteiger partial charge in [-0.15, -0.1) is 0 Å². The summed E-state index contributed by atoms with van der Waals surface area (Å²) in [5.74, 6) is -0.655. The number of anilines is 1. The summed E-state index contributed by atoms with van der Waals surface area (Å²) >= 11 is 6.14. The van der Waals surface area contributed by atoms with E-state index in [1.807, 2.05) is 30.3 Å². The highest BCUT2D eigenvalue weighted by molar-refractivity contribution is 6.31. The molecule has 1 N–H and O–H groups in total. The molecule has 1 aromatic heterocycles. The van der Waals surface area contributed by atoms with E-state index in [1.165, 1.54) is 34.9 Å². The van der Waals surface area contributed by atoms with Crippen LogP contribution in [0.5, 0.6) is 5.75 Å². The molecule has 0 aliphatic rings. The normalized spacial score (nSPS) is 11.1. The first-order valence-corrected chi connectivity index (χ1v) is 10.5. The van der Waals surface area contributed by atoms with Crippen molar-refractivity contribution in [3.05, 3.63) is 104 Å².